The summed E-state index contributed by atoms with van der Waals surface area (Å²) in [6, 6.07) is 10.3. The van der Waals surface area contributed by atoms with Crippen molar-refractivity contribution < 1.29 is 19.4 Å². The Balaban J connectivity index is 1.95. The molecular formula is C15H14F5NS2. The molecule has 0 spiro atoms. The van der Waals surface area contributed by atoms with E-state index in [9.17, 15) is 19.4 Å². The molecule has 2 aromatic rings. The van der Waals surface area contributed by atoms with E-state index in [0.717, 1.165) is 5.56 Å². The van der Waals surface area contributed by atoms with Crippen LogP contribution in [0.3, 0.4) is 0 Å². The highest BCUT2D eigenvalue weighted by Crippen LogP contribution is 3.02. The average Bonchev–Trinajstić information content (AvgIpc) is 3.05. The van der Waals surface area contributed by atoms with Gasteiger partial charge in [-0.05, 0) is 33.5 Å². The minimum atomic E-state index is -9.68. The van der Waals surface area contributed by atoms with Crippen molar-refractivity contribution in [2.75, 3.05) is 13.1 Å². The number of benzene rings is 1. The van der Waals surface area contributed by atoms with Crippen LogP contribution in [0, 0.1) is 0 Å². The second kappa shape index (κ2) is 4.81. The van der Waals surface area contributed by atoms with Gasteiger partial charge < -0.3 is 0 Å². The largest absolute Gasteiger partial charge is 0.308 e. The first-order chi connectivity index (χ1) is 10.5. The van der Waals surface area contributed by atoms with Gasteiger partial charge in [0.25, 0.3) is 0 Å². The summed E-state index contributed by atoms with van der Waals surface area (Å²) in [5, 5.41) is 3.07. The van der Waals surface area contributed by atoms with E-state index < -0.39 is 21.7 Å². The van der Waals surface area contributed by atoms with Crippen molar-refractivity contribution in [2.45, 2.75) is 6.54 Å². The van der Waals surface area contributed by atoms with Crippen molar-refractivity contribution in [3.63, 3.8) is 0 Å². The van der Waals surface area contributed by atoms with Gasteiger partial charge in [-0.25, -0.2) is 0 Å². The highest BCUT2D eigenvalue weighted by atomic mass is 32.5. The predicted molar refractivity (Wildman–Crippen MR) is 86.1 cm³/mol. The molecule has 0 N–H and O–H groups in total. The molecule has 1 aromatic carbocycles. The zero-order valence-electron chi connectivity index (χ0n) is 11.9. The van der Waals surface area contributed by atoms with E-state index in [4.69, 9.17) is 0 Å². The molecule has 0 saturated heterocycles. The van der Waals surface area contributed by atoms with Crippen molar-refractivity contribution in [1.29, 1.82) is 0 Å². The molecule has 0 aliphatic carbocycles. The molecule has 0 amide bonds. The summed E-state index contributed by atoms with van der Waals surface area (Å²) in [4.78, 5) is -0.255. The van der Waals surface area contributed by atoms with Gasteiger partial charge in [-0.15, -0.1) is 0 Å². The average molecular weight is 367 g/mol. The van der Waals surface area contributed by atoms with Crippen molar-refractivity contribution >= 4 is 27.1 Å². The number of hydrogen-bond acceptors (Lipinski definition) is 2. The maximum Gasteiger partial charge on any atom is 0.308 e. The van der Waals surface area contributed by atoms with Crippen LogP contribution in [-0.4, -0.2) is 18.0 Å². The van der Waals surface area contributed by atoms with Gasteiger partial charge in [0.2, 0.25) is 0 Å². The topological polar surface area (TPSA) is 3.24 Å². The van der Waals surface area contributed by atoms with Gasteiger partial charge in [0.15, 0.2) is 0 Å². The predicted octanol–water partition coefficient (Wildman–Crippen LogP) is 6.27. The van der Waals surface area contributed by atoms with E-state index in [1.807, 2.05) is 0 Å². The summed E-state index contributed by atoms with van der Waals surface area (Å²) in [6.07, 6.45) is 0. The van der Waals surface area contributed by atoms with Crippen molar-refractivity contribution in [3.8, 4) is 0 Å². The lowest BCUT2D eigenvalue weighted by molar-refractivity contribution is 0.331. The molecule has 0 atom stereocenters. The molecule has 1 nitrogen and oxygen atoms in total. The van der Waals surface area contributed by atoms with E-state index >= 15 is 0 Å². The third kappa shape index (κ3) is 3.76. The van der Waals surface area contributed by atoms with Crippen LogP contribution in [0.1, 0.15) is 11.1 Å². The highest BCUT2D eigenvalue weighted by Gasteiger charge is 2.69. The lowest BCUT2D eigenvalue weighted by Gasteiger charge is -2.42. The summed E-state index contributed by atoms with van der Waals surface area (Å²) in [5.74, 6) is 0. The fourth-order valence-electron chi connectivity index (χ4n) is 2.66. The normalized spacial score (nSPS) is 19.7. The Kier molecular flexibility index (Phi) is 3.45. The Morgan fingerprint density at radius 1 is 0.957 bits per heavy atom. The minimum absolute atomic E-state index is 0.132. The highest BCUT2D eigenvalue weighted by molar-refractivity contribution is 8.48. The van der Waals surface area contributed by atoms with Gasteiger partial charge in [-0.2, -0.15) is 11.3 Å². The van der Waals surface area contributed by atoms with Gasteiger partial charge >= 0.3 is 10.2 Å². The molecule has 0 fully saturated rings. The quantitative estimate of drug-likeness (QED) is 0.575. The maximum absolute atomic E-state index is 13.4. The van der Waals surface area contributed by atoms with Crippen molar-refractivity contribution in [2.24, 2.45) is 0 Å². The van der Waals surface area contributed by atoms with E-state index in [1.165, 1.54) is 27.7 Å². The number of rotatable bonds is 4. The third-order valence-electron chi connectivity index (χ3n) is 3.67. The van der Waals surface area contributed by atoms with Gasteiger partial charge in [-0.1, -0.05) is 49.8 Å². The Morgan fingerprint density at radius 3 is 2.22 bits per heavy atom. The molecular weight excluding hydrogens is 353 g/mol. The molecule has 126 valence electrons. The molecule has 1 aliphatic rings. The van der Waals surface area contributed by atoms with E-state index in [-0.39, 0.29) is 24.2 Å². The van der Waals surface area contributed by atoms with Crippen LogP contribution in [-0.2, 0) is 6.54 Å². The van der Waals surface area contributed by atoms with Crippen LogP contribution in [0.25, 0.3) is 5.57 Å². The lowest BCUT2D eigenvalue weighted by Crippen LogP contribution is -2.23. The van der Waals surface area contributed by atoms with Gasteiger partial charge in [0, 0.05) is 19.6 Å². The molecule has 3 rings (SSSR count). The first-order valence-electron chi connectivity index (χ1n) is 6.78. The second-order valence-corrected chi connectivity index (χ2v) is 8.72. The van der Waals surface area contributed by atoms with Crippen LogP contribution < -0.4 is 0 Å². The Bertz CT molecular complexity index is 736. The van der Waals surface area contributed by atoms with Crippen molar-refractivity contribution in [1.82, 2.24) is 4.90 Å². The number of nitrogens with zero attached hydrogens (tertiary/aromatic N) is 1. The maximum atomic E-state index is 13.4. The molecule has 1 aliphatic heterocycles. The zero-order chi connectivity index (χ0) is 16.8. The van der Waals surface area contributed by atoms with Gasteiger partial charge in [-0.3, -0.25) is 4.90 Å². The summed E-state index contributed by atoms with van der Waals surface area (Å²) >= 11 is 1.19. The number of hydrogen-bond donors (Lipinski definition) is 0. The molecule has 2 heterocycles. The molecule has 0 bridgehead atoms. The van der Waals surface area contributed by atoms with Gasteiger partial charge in [0.05, 0.1) is 0 Å². The van der Waals surface area contributed by atoms with Gasteiger partial charge in [0.1, 0.15) is 4.91 Å². The molecule has 0 saturated carbocycles. The molecule has 8 heteroatoms. The Hall–Kier alpha value is -1.38. The fraction of sp³-hybridized carbons (Fsp3) is 0.200. The van der Waals surface area contributed by atoms with Crippen LogP contribution in [0.5, 0.6) is 0 Å². The van der Waals surface area contributed by atoms with E-state index in [2.05, 4.69) is 0 Å². The number of halogens is 5. The monoisotopic (exact) mass is 367 g/mol. The van der Waals surface area contributed by atoms with Crippen molar-refractivity contribution in [3.05, 3.63) is 63.2 Å². The second-order valence-electron chi connectivity index (χ2n) is 5.51. The Morgan fingerprint density at radius 2 is 1.65 bits per heavy atom. The van der Waals surface area contributed by atoms with Crippen LogP contribution >= 0.6 is 21.6 Å². The standard InChI is InChI=1S/C15H14F5NS2/c16-23(17,18,19,20)15-10-21(8-12-4-2-1-3-5-12)9-14(15)13-6-7-22-11-13/h1-7,11H,8-10H2. The fourth-order valence-corrected chi connectivity index (χ4v) is 4.41. The molecule has 23 heavy (non-hydrogen) atoms. The summed E-state index contributed by atoms with van der Waals surface area (Å²) in [6.45, 7) is -0.712. The molecule has 0 unspecified atom stereocenters. The third-order valence-corrected chi connectivity index (χ3v) is 5.66. The van der Waals surface area contributed by atoms with E-state index in [0.29, 0.717) is 0 Å². The summed E-state index contributed by atoms with van der Waals surface area (Å²) in [5.41, 5.74) is 0.718. The first kappa shape index (κ1) is 16.5. The lowest BCUT2D eigenvalue weighted by atomic mass is 10.1. The van der Waals surface area contributed by atoms with E-state index in [1.54, 1.807) is 35.7 Å². The summed E-state index contributed by atoms with van der Waals surface area (Å²) in [7, 11) is -9.68. The molecule has 0 radical (unpaired) electrons. The Labute approximate surface area is 134 Å². The first-order valence-corrected chi connectivity index (χ1v) is 9.67. The zero-order valence-corrected chi connectivity index (χ0v) is 13.5. The number of thiophene rings is 1. The van der Waals surface area contributed by atoms with Crippen LogP contribution in [0.15, 0.2) is 52.1 Å². The SMILES string of the molecule is FS(F)(F)(F)(F)C1=C(c2ccsc2)CN(Cc2ccccc2)C1. The van der Waals surface area contributed by atoms with Crippen LogP contribution in [0.2, 0.25) is 0 Å². The summed E-state index contributed by atoms with van der Waals surface area (Å²) < 4.78 is 67.0. The smallest absolute Gasteiger partial charge is 0.290 e. The minimum Gasteiger partial charge on any atom is -0.290 e. The molecule has 1 aromatic heterocycles. The van der Waals surface area contributed by atoms with Crippen LogP contribution in [0.4, 0.5) is 19.4 Å².